The third-order valence-corrected chi connectivity index (χ3v) is 5.77. The zero-order valence-corrected chi connectivity index (χ0v) is 18.6. The van der Waals surface area contributed by atoms with Crippen molar-refractivity contribution in [3.8, 4) is 0 Å². The molecule has 0 unspecified atom stereocenters. The summed E-state index contributed by atoms with van der Waals surface area (Å²) in [7, 11) is 1.62. The summed E-state index contributed by atoms with van der Waals surface area (Å²) in [6.07, 6.45) is 4.17. The van der Waals surface area contributed by atoms with E-state index in [2.05, 4.69) is 30.9 Å². The van der Waals surface area contributed by atoms with Crippen LogP contribution in [-0.2, 0) is 4.79 Å². The molecular weight excluding hydrogens is 435 g/mol. The minimum atomic E-state index is -1.07. The van der Waals surface area contributed by atoms with Crippen LogP contribution < -0.4 is 16.0 Å². The molecule has 0 saturated heterocycles. The standard InChI is InChI=1S/C22H26F3N7O/c1-11(2)28-21-27-10-17-19(31-21)32(14-6-4-12(5-7-14)20(33)26-3)22(29-17)30-18-15(24)8-13(23)9-16(18)25/h8-12,14H,4-7H2,1-3H3,(H,26,33)(H,29,30)(H,27,28,31). The summed E-state index contributed by atoms with van der Waals surface area (Å²) < 4.78 is 43.9. The monoisotopic (exact) mass is 461 g/mol. The minimum Gasteiger partial charge on any atom is -0.359 e. The van der Waals surface area contributed by atoms with Crippen molar-refractivity contribution in [1.29, 1.82) is 0 Å². The summed E-state index contributed by atoms with van der Waals surface area (Å²) in [5, 5.41) is 8.53. The summed E-state index contributed by atoms with van der Waals surface area (Å²) in [5.74, 6) is -2.64. The number of hydrogen-bond donors (Lipinski definition) is 3. The third-order valence-electron chi connectivity index (χ3n) is 5.77. The number of nitrogens with one attached hydrogen (secondary N) is 3. The summed E-state index contributed by atoms with van der Waals surface area (Å²) in [4.78, 5) is 25.4. The summed E-state index contributed by atoms with van der Waals surface area (Å²) >= 11 is 0. The smallest absolute Gasteiger partial charge is 0.224 e. The van der Waals surface area contributed by atoms with Crippen LogP contribution in [0.2, 0.25) is 0 Å². The van der Waals surface area contributed by atoms with Gasteiger partial charge in [0.05, 0.1) is 6.20 Å². The van der Waals surface area contributed by atoms with Gasteiger partial charge in [-0.2, -0.15) is 4.98 Å². The molecule has 0 radical (unpaired) electrons. The van der Waals surface area contributed by atoms with Gasteiger partial charge >= 0.3 is 0 Å². The number of rotatable bonds is 6. The maximum atomic E-state index is 14.4. The molecule has 2 heterocycles. The Balaban J connectivity index is 1.75. The van der Waals surface area contributed by atoms with Crippen LogP contribution in [0.25, 0.3) is 11.2 Å². The van der Waals surface area contributed by atoms with E-state index in [1.165, 1.54) is 0 Å². The number of nitrogens with zero attached hydrogens (tertiary/aromatic N) is 4. The normalized spacial score (nSPS) is 18.5. The van der Waals surface area contributed by atoms with Crippen molar-refractivity contribution in [2.24, 2.45) is 5.92 Å². The van der Waals surface area contributed by atoms with E-state index in [9.17, 15) is 18.0 Å². The second-order valence-corrected chi connectivity index (χ2v) is 8.50. The Morgan fingerprint density at radius 3 is 2.36 bits per heavy atom. The molecule has 11 heteroatoms. The molecule has 8 nitrogen and oxygen atoms in total. The lowest BCUT2D eigenvalue weighted by Gasteiger charge is -2.29. The topological polar surface area (TPSA) is 96.8 Å². The third kappa shape index (κ3) is 4.71. The molecule has 0 bridgehead atoms. The number of hydrogen-bond acceptors (Lipinski definition) is 6. The molecule has 3 N–H and O–H groups in total. The van der Waals surface area contributed by atoms with E-state index < -0.39 is 23.1 Å². The van der Waals surface area contributed by atoms with Gasteiger partial charge in [0, 0.05) is 37.2 Å². The number of imidazole rings is 1. The van der Waals surface area contributed by atoms with Crippen LogP contribution in [0.1, 0.15) is 45.6 Å². The van der Waals surface area contributed by atoms with Crippen molar-refractivity contribution < 1.29 is 18.0 Å². The molecule has 1 saturated carbocycles. The maximum Gasteiger partial charge on any atom is 0.224 e. The molecule has 2 aromatic heterocycles. The molecule has 33 heavy (non-hydrogen) atoms. The predicted molar refractivity (Wildman–Crippen MR) is 119 cm³/mol. The summed E-state index contributed by atoms with van der Waals surface area (Å²) in [6.45, 7) is 3.91. The van der Waals surface area contributed by atoms with E-state index in [-0.39, 0.29) is 29.9 Å². The van der Waals surface area contributed by atoms with E-state index in [1.807, 2.05) is 13.8 Å². The van der Waals surface area contributed by atoms with Crippen molar-refractivity contribution in [1.82, 2.24) is 24.8 Å². The average Bonchev–Trinajstić information content (AvgIpc) is 3.12. The predicted octanol–water partition coefficient (Wildman–Crippen LogP) is 4.28. The zero-order chi connectivity index (χ0) is 23.7. The largest absolute Gasteiger partial charge is 0.359 e. The molecular formula is C22H26F3N7O. The van der Waals surface area contributed by atoms with Crippen LogP contribution in [0, 0.1) is 23.4 Å². The molecule has 176 valence electrons. The Morgan fingerprint density at radius 2 is 1.76 bits per heavy atom. The highest BCUT2D eigenvalue weighted by Crippen LogP contribution is 2.37. The van der Waals surface area contributed by atoms with Crippen LogP contribution >= 0.6 is 0 Å². The molecule has 0 aliphatic heterocycles. The maximum absolute atomic E-state index is 14.4. The second kappa shape index (κ2) is 9.24. The number of halogens is 3. The van der Waals surface area contributed by atoms with E-state index >= 15 is 0 Å². The number of anilines is 3. The number of carbonyl (C=O) groups is 1. The number of amides is 1. The Labute approximate surface area is 189 Å². The second-order valence-electron chi connectivity index (χ2n) is 8.50. The SMILES string of the molecule is CNC(=O)C1CCC(n2c(Nc3c(F)cc(F)cc3F)nc3cnc(NC(C)C)nc32)CC1. The highest BCUT2D eigenvalue weighted by atomic mass is 19.1. The van der Waals surface area contributed by atoms with E-state index in [4.69, 9.17) is 0 Å². The number of fused-ring (bicyclic) bond motifs is 1. The van der Waals surface area contributed by atoms with Gasteiger partial charge in [-0.25, -0.2) is 23.1 Å². The highest BCUT2D eigenvalue weighted by molar-refractivity contribution is 5.79. The van der Waals surface area contributed by atoms with Gasteiger partial charge in [-0.15, -0.1) is 0 Å². The lowest BCUT2D eigenvalue weighted by molar-refractivity contribution is -0.125. The average molecular weight is 461 g/mol. The molecule has 1 aliphatic carbocycles. The molecule has 0 atom stereocenters. The van der Waals surface area contributed by atoms with Crippen LogP contribution in [0.4, 0.5) is 30.8 Å². The zero-order valence-electron chi connectivity index (χ0n) is 18.6. The first-order valence-corrected chi connectivity index (χ1v) is 10.9. The van der Waals surface area contributed by atoms with Gasteiger partial charge in [0.25, 0.3) is 0 Å². The summed E-state index contributed by atoms with van der Waals surface area (Å²) in [6, 6.07) is 1.21. The van der Waals surface area contributed by atoms with Crippen molar-refractivity contribution in [2.75, 3.05) is 17.7 Å². The fourth-order valence-corrected chi connectivity index (χ4v) is 4.23. The van der Waals surface area contributed by atoms with Crippen molar-refractivity contribution in [3.63, 3.8) is 0 Å². The first kappa shape index (κ1) is 22.8. The van der Waals surface area contributed by atoms with Gasteiger partial charge in [-0.05, 0) is 39.5 Å². The molecule has 4 rings (SSSR count). The van der Waals surface area contributed by atoms with Crippen LogP contribution in [0.3, 0.4) is 0 Å². The lowest BCUT2D eigenvalue weighted by Crippen LogP contribution is -2.31. The lowest BCUT2D eigenvalue weighted by atomic mass is 9.85. The van der Waals surface area contributed by atoms with Gasteiger partial charge in [0.1, 0.15) is 17.0 Å². The molecule has 3 aromatic rings. The van der Waals surface area contributed by atoms with Gasteiger partial charge < -0.3 is 16.0 Å². The van der Waals surface area contributed by atoms with E-state index in [1.54, 1.807) is 17.8 Å². The van der Waals surface area contributed by atoms with Gasteiger partial charge in [0.15, 0.2) is 17.3 Å². The first-order chi connectivity index (χ1) is 15.8. The molecule has 1 aliphatic rings. The Bertz CT molecular complexity index is 1150. The first-order valence-electron chi connectivity index (χ1n) is 10.9. The molecule has 1 fully saturated rings. The van der Waals surface area contributed by atoms with Gasteiger partial charge in [-0.1, -0.05) is 0 Å². The summed E-state index contributed by atoms with van der Waals surface area (Å²) in [5.41, 5.74) is 0.450. The fourth-order valence-electron chi connectivity index (χ4n) is 4.23. The van der Waals surface area contributed by atoms with Crippen molar-refractivity contribution in [2.45, 2.75) is 51.6 Å². The van der Waals surface area contributed by atoms with Crippen molar-refractivity contribution >= 4 is 34.7 Å². The number of carbonyl (C=O) groups excluding carboxylic acids is 1. The molecule has 1 aromatic carbocycles. The van der Waals surface area contributed by atoms with Gasteiger partial charge in [0.2, 0.25) is 17.8 Å². The Hall–Kier alpha value is -3.37. The fraction of sp³-hybridized carbons (Fsp3) is 0.455. The molecule has 1 amide bonds. The van der Waals surface area contributed by atoms with Crippen LogP contribution in [0.15, 0.2) is 18.3 Å². The Morgan fingerprint density at radius 1 is 1.09 bits per heavy atom. The molecule has 0 spiro atoms. The van der Waals surface area contributed by atoms with Gasteiger partial charge in [-0.3, -0.25) is 9.36 Å². The van der Waals surface area contributed by atoms with Crippen LogP contribution in [-0.4, -0.2) is 38.5 Å². The quantitative estimate of drug-likeness (QED) is 0.507. The highest BCUT2D eigenvalue weighted by Gasteiger charge is 2.30. The van der Waals surface area contributed by atoms with Crippen molar-refractivity contribution in [3.05, 3.63) is 35.8 Å². The van der Waals surface area contributed by atoms with E-state index in [0.717, 1.165) is 0 Å². The minimum absolute atomic E-state index is 0.00323. The van der Waals surface area contributed by atoms with E-state index in [0.29, 0.717) is 54.9 Å². The Kier molecular flexibility index (Phi) is 6.39. The number of benzene rings is 1. The van der Waals surface area contributed by atoms with Crippen LogP contribution in [0.5, 0.6) is 0 Å². The number of aromatic nitrogens is 4.